The number of morpholine rings is 1. The van der Waals surface area contributed by atoms with Gasteiger partial charge in [-0.2, -0.15) is 0 Å². The third-order valence-electron chi connectivity index (χ3n) is 6.34. The molecule has 0 saturated carbocycles. The number of carbonyl (C=O) groups is 2. The molecule has 0 unspecified atom stereocenters. The zero-order valence-corrected chi connectivity index (χ0v) is 22.5. The molecule has 210 valence electrons. The van der Waals surface area contributed by atoms with Crippen LogP contribution in [0.2, 0.25) is 0 Å². The first kappa shape index (κ1) is 27.8. The van der Waals surface area contributed by atoms with Crippen molar-refractivity contribution in [2.24, 2.45) is 0 Å². The summed E-state index contributed by atoms with van der Waals surface area (Å²) >= 11 is 0. The number of aromatic nitrogens is 2. The molecule has 3 aromatic carbocycles. The Labute approximate surface area is 238 Å². The van der Waals surface area contributed by atoms with Crippen LogP contribution in [-0.4, -0.2) is 66.2 Å². The molecular weight excluding hydrogens is 522 g/mol. The molecule has 0 aliphatic carbocycles. The molecule has 4 aromatic rings. The minimum atomic E-state index is -0.555. The second kappa shape index (κ2) is 14.0. The number of esters is 1. The fraction of sp³-hybridized carbons (Fsp3) is 0.226. The number of nitrogens with one attached hydrogen (secondary N) is 2. The molecule has 1 amide bonds. The van der Waals surface area contributed by atoms with E-state index in [1.54, 1.807) is 18.2 Å². The molecule has 1 aromatic heterocycles. The van der Waals surface area contributed by atoms with E-state index >= 15 is 0 Å². The monoisotopic (exact) mass is 553 g/mol. The second-order valence-electron chi connectivity index (χ2n) is 9.32. The van der Waals surface area contributed by atoms with E-state index in [1.165, 1.54) is 6.33 Å². The van der Waals surface area contributed by atoms with Crippen molar-refractivity contribution in [3.8, 4) is 11.5 Å². The molecule has 0 atom stereocenters. The molecule has 2 N–H and O–H groups in total. The maximum absolute atomic E-state index is 12.4. The Hall–Kier alpha value is -4.80. The van der Waals surface area contributed by atoms with Gasteiger partial charge in [-0.15, -0.1) is 0 Å². The van der Waals surface area contributed by atoms with Gasteiger partial charge in [0.05, 0.1) is 25.3 Å². The summed E-state index contributed by atoms with van der Waals surface area (Å²) in [6, 6.07) is 22.4. The molecule has 1 fully saturated rings. The number of nitrogens with zero attached hydrogens (tertiary/aromatic N) is 3. The lowest BCUT2D eigenvalue weighted by Crippen LogP contribution is -2.37. The summed E-state index contributed by atoms with van der Waals surface area (Å²) in [5, 5.41) is 6.79. The standard InChI is InChI=1S/C31H31N5O5/c37-29(13-14-30(38)40-18-4-15-36-16-19-39-20-17-36)34-24-9-12-28-27(21-24)31(33-22-32-28)35-23-7-10-26(11-8-23)41-25-5-2-1-3-6-25/h1-3,5-14,21-22H,4,15-20H2,(H,34,37)(H,32,33,35). The van der Waals surface area contributed by atoms with Crippen LogP contribution in [0.1, 0.15) is 6.42 Å². The predicted molar refractivity (Wildman–Crippen MR) is 156 cm³/mol. The highest BCUT2D eigenvalue weighted by Crippen LogP contribution is 2.28. The van der Waals surface area contributed by atoms with Crippen molar-refractivity contribution in [1.29, 1.82) is 0 Å². The van der Waals surface area contributed by atoms with Gasteiger partial charge in [0.2, 0.25) is 5.91 Å². The maximum Gasteiger partial charge on any atom is 0.330 e. The molecule has 2 heterocycles. The number of rotatable bonds is 11. The number of hydrogen-bond acceptors (Lipinski definition) is 9. The highest BCUT2D eigenvalue weighted by atomic mass is 16.5. The molecule has 0 spiro atoms. The first-order valence-electron chi connectivity index (χ1n) is 13.4. The number of hydrogen-bond donors (Lipinski definition) is 2. The molecule has 5 rings (SSSR count). The topological polar surface area (TPSA) is 115 Å². The van der Waals surface area contributed by atoms with Gasteiger partial charge in [-0.3, -0.25) is 9.69 Å². The average molecular weight is 554 g/mol. The van der Waals surface area contributed by atoms with E-state index in [1.807, 2.05) is 54.6 Å². The third kappa shape index (κ3) is 8.34. The minimum absolute atomic E-state index is 0.297. The maximum atomic E-state index is 12.4. The largest absolute Gasteiger partial charge is 0.462 e. The van der Waals surface area contributed by atoms with Crippen LogP contribution in [0.15, 0.2) is 91.3 Å². The van der Waals surface area contributed by atoms with Gasteiger partial charge in [0.25, 0.3) is 0 Å². The van der Waals surface area contributed by atoms with Crippen molar-refractivity contribution < 1.29 is 23.8 Å². The highest BCUT2D eigenvalue weighted by Gasteiger charge is 2.10. The van der Waals surface area contributed by atoms with E-state index < -0.39 is 11.9 Å². The Balaban J connectivity index is 1.14. The number of ether oxygens (including phenoxy) is 3. The summed E-state index contributed by atoms with van der Waals surface area (Å²) in [5.41, 5.74) is 2.06. The highest BCUT2D eigenvalue weighted by molar-refractivity contribution is 6.04. The Morgan fingerprint density at radius 3 is 2.46 bits per heavy atom. The van der Waals surface area contributed by atoms with Gasteiger partial charge in [-0.05, 0) is 61.0 Å². The Kier molecular flexibility index (Phi) is 9.49. The summed E-state index contributed by atoms with van der Waals surface area (Å²) in [5.74, 6) is 1.05. The van der Waals surface area contributed by atoms with Crippen LogP contribution in [0.25, 0.3) is 10.9 Å². The lowest BCUT2D eigenvalue weighted by Gasteiger charge is -2.26. The van der Waals surface area contributed by atoms with Gasteiger partial charge < -0.3 is 24.8 Å². The molecule has 0 radical (unpaired) electrons. The minimum Gasteiger partial charge on any atom is -0.462 e. The van der Waals surface area contributed by atoms with Crippen LogP contribution in [-0.2, 0) is 19.1 Å². The molecule has 10 heteroatoms. The van der Waals surface area contributed by atoms with Gasteiger partial charge in [0.15, 0.2) is 0 Å². The van der Waals surface area contributed by atoms with E-state index in [-0.39, 0.29) is 0 Å². The van der Waals surface area contributed by atoms with Gasteiger partial charge in [0, 0.05) is 48.5 Å². The van der Waals surface area contributed by atoms with Crippen LogP contribution < -0.4 is 15.4 Å². The Bertz CT molecular complexity index is 1490. The van der Waals surface area contributed by atoms with E-state index in [9.17, 15) is 9.59 Å². The zero-order chi connectivity index (χ0) is 28.3. The Morgan fingerprint density at radius 2 is 1.66 bits per heavy atom. The molecule has 1 aliphatic heterocycles. The summed E-state index contributed by atoms with van der Waals surface area (Å²) in [4.78, 5) is 35.4. The third-order valence-corrected chi connectivity index (χ3v) is 6.34. The molecule has 10 nitrogen and oxygen atoms in total. The fourth-order valence-electron chi connectivity index (χ4n) is 4.26. The van der Waals surface area contributed by atoms with Crippen LogP contribution in [0.5, 0.6) is 11.5 Å². The van der Waals surface area contributed by atoms with E-state index in [2.05, 4.69) is 25.5 Å². The molecule has 0 bridgehead atoms. The van der Waals surface area contributed by atoms with Crippen molar-refractivity contribution in [1.82, 2.24) is 14.9 Å². The summed E-state index contributed by atoms with van der Waals surface area (Å²) in [6.45, 7) is 4.40. The van der Waals surface area contributed by atoms with Crippen molar-refractivity contribution in [2.75, 3.05) is 50.1 Å². The molecular formula is C31H31N5O5. The van der Waals surface area contributed by atoms with Gasteiger partial charge >= 0.3 is 5.97 Å². The van der Waals surface area contributed by atoms with Gasteiger partial charge in [0.1, 0.15) is 23.6 Å². The predicted octanol–water partition coefficient (Wildman–Crippen LogP) is 4.93. The number of para-hydroxylation sites is 1. The van der Waals surface area contributed by atoms with Crippen LogP contribution in [0, 0.1) is 0 Å². The molecule has 41 heavy (non-hydrogen) atoms. The SMILES string of the molecule is O=C(C=CC(=O)OCCCN1CCOCC1)Nc1ccc2ncnc(Nc3ccc(Oc4ccccc4)cc3)c2c1. The van der Waals surface area contributed by atoms with E-state index in [4.69, 9.17) is 14.2 Å². The van der Waals surface area contributed by atoms with Crippen LogP contribution >= 0.6 is 0 Å². The number of amides is 1. The summed E-state index contributed by atoms with van der Waals surface area (Å²) < 4.78 is 16.4. The van der Waals surface area contributed by atoms with Gasteiger partial charge in [-0.1, -0.05) is 18.2 Å². The van der Waals surface area contributed by atoms with Gasteiger partial charge in [-0.25, -0.2) is 14.8 Å². The smallest absolute Gasteiger partial charge is 0.330 e. The lowest BCUT2D eigenvalue weighted by molar-refractivity contribution is -0.138. The Morgan fingerprint density at radius 1 is 0.902 bits per heavy atom. The van der Waals surface area contributed by atoms with Crippen LogP contribution in [0.4, 0.5) is 17.2 Å². The quantitative estimate of drug-likeness (QED) is 0.152. The average Bonchev–Trinajstić information content (AvgIpc) is 3.00. The fourth-order valence-corrected chi connectivity index (χ4v) is 4.26. The van der Waals surface area contributed by atoms with Crippen molar-refractivity contribution in [3.63, 3.8) is 0 Å². The van der Waals surface area contributed by atoms with E-state index in [0.717, 1.165) is 68.2 Å². The normalized spacial score (nSPS) is 13.7. The number of carbonyl (C=O) groups excluding carboxylic acids is 2. The van der Waals surface area contributed by atoms with Crippen molar-refractivity contribution in [3.05, 3.63) is 91.3 Å². The van der Waals surface area contributed by atoms with E-state index in [0.29, 0.717) is 29.4 Å². The van der Waals surface area contributed by atoms with Crippen LogP contribution in [0.3, 0.4) is 0 Å². The second-order valence-corrected chi connectivity index (χ2v) is 9.32. The van der Waals surface area contributed by atoms with Crippen molar-refractivity contribution in [2.45, 2.75) is 6.42 Å². The number of benzene rings is 3. The number of anilines is 3. The number of fused-ring (bicyclic) bond motifs is 1. The van der Waals surface area contributed by atoms with Crippen molar-refractivity contribution >= 4 is 40.0 Å². The summed E-state index contributed by atoms with van der Waals surface area (Å²) in [7, 11) is 0. The summed E-state index contributed by atoms with van der Waals surface area (Å²) in [6.07, 6.45) is 4.50. The first-order valence-corrected chi connectivity index (χ1v) is 13.4. The lowest BCUT2D eigenvalue weighted by atomic mass is 10.2. The molecule has 1 saturated heterocycles. The zero-order valence-electron chi connectivity index (χ0n) is 22.5. The molecule has 1 aliphatic rings. The first-order chi connectivity index (χ1) is 20.1.